The summed E-state index contributed by atoms with van der Waals surface area (Å²) in [4.78, 5) is 3.88. The molecule has 0 bridgehead atoms. The first kappa shape index (κ1) is 13.9. The molecule has 1 saturated heterocycles. The summed E-state index contributed by atoms with van der Waals surface area (Å²) in [6, 6.07) is 3.18. The van der Waals surface area contributed by atoms with Crippen LogP contribution in [-0.4, -0.2) is 44.7 Å². The highest BCUT2D eigenvalue weighted by Crippen LogP contribution is 2.70. The molecular formula is C14H17FN4O3. The van der Waals surface area contributed by atoms with Crippen LogP contribution in [0.4, 0.5) is 10.2 Å². The van der Waals surface area contributed by atoms with E-state index in [0.29, 0.717) is 5.52 Å². The maximum absolute atomic E-state index is 15.6. The number of aromatic nitrogens is 3. The number of rotatable bonds is 2. The average molecular weight is 308 g/mol. The van der Waals surface area contributed by atoms with E-state index in [1.165, 1.54) is 24.9 Å². The van der Waals surface area contributed by atoms with Crippen molar-refractivity contribution in [3.8, 4) is 0 Å². The Hall–Kier alpha value is -1.77. The van der Waals surface area contributed by atoms with Crippen LogP contribution >= 0.6 is 0 Å². The Bertz CT molecular complexity index is 779. The normalized spacial score (nSPS) is 43.5. The van der Waals surface area contributed by atoms with Crippen molar-refractivity contribution in [2.24, 2.45) is 5.41 Å². The summed E-state index contributed by atoms with van der Waals surface area (Å²) in [5, 5.41) is 15.0. The Balaban J connectivity index is 1.88. The third-order valence-electron chi connectivity index (χ3n) is 5.38. The molecule has 2 aromatic rings. The molecule has 3 heterocycles. The summed E-state index contributed by atoms with van der Waals surface area (Å²) >= 11 is 0. The van der Waals surface area contributed by atoms with Gasteiger partial charge < -0.3 is 20.3 Å². The average Bonchev–Trinajstić information content (AvgIpc) is 2.80. The van der Waals surface area contributed by atoms with E-state index in [1.54, 1.807) is 19.1 Å². The predicted molar refractivity (Wildman–Crippen MR) is 74.6 cm³/mol. The van der Waals surface area contributed by atoms with Crippen LogP contribution in [0.2, 0.25) is 0 Å². The number of alkyl halides is 1. The number of nitrogen functional groups attached to an aromatic ring is 1. The number of hydrogen-bond acceptors (Lipinski definition) is 6. The van der Waals surface area contributed by atoms with E-state index >= 15 is 4.39 Å². The van der Waals surface area contributed by atoms with Gasteiger partial charge in [0, 0.05) is 7.11 Å². The van der Waals surface area contributed by atoms with E-state index < -0.39 is 23.0 Å². The molecule has 0 amide bonds. The van der Waals surface area contributed by atoms with Crippen molar-refractivity contribution in [3.05, 3.63) is 24.2 Å². The summed E-state index contributed by atoms with van der Waals surface area (Å²) in [5.41, 5.74) is 3.47. The Morgan fingerprint density at radius 1 is 1.45 bits per heavy atom. The molecule has 1 aliphatic carbocycles. The third-order valence-corrected chi connectivity index (χ3v) is 5.38. The molecule has 2 aromatic heterocycles. The lowest BCUT2D eigenvalue weighted by atomic mass is 9.81. The molecule has 0 spiro atoms. The number of hydrogen-bond donors (Lipinski definition) is 2. The van der Waals surface area contributed by atoms with Crippen LogP contribution in [-0.2, 0) is 15.3 Å². The summed E-state index contributed by atoms with van der Waals surface area (Å²) < 4.78 is 27.8. The van der Waals surface area contributed by atoms with Gasteiger partial charge in [-0.1, -0.05) is 6.92 Å². The topological polar surface area (TPSA) is 94.9 Å². The first-order valence-electron chi connectivity index (χ1n) is 6.99. The molecular weight excluding hydrogens is 291 g/mol. The summed E-state index contributed by atoms with van der Waals surface area (Å²) in [6.07, 6.45) is 0.357. The number of nitrogens with zero attached hydrogens (tertiary/aromatic N) is 3. The summed E-state index contributed by atoms with van der Waals surface area (Å²) in [5.74, 6) is -1.89. The van der Waals surface area contributed by atoms with Gasteiger partial charge in [0.15, 0.2) is 11.5 Å². The standard InChI is InChI=1S/C14H17FN4O3/c1-12-9(21-3)10(12)22-14(20,13(12,2)15)8-5-4-7-11(16)17-6-18-19(7)8/h4-6,9-10,20H,1-3H3,(H2,16,17,18). The molecule has 1 aliphatic heterocycles. The zero-order valence-electron chi connectivity index (χ0n) is 12.4. The molecule has 7 nitrogen and oxygen atoms in total. The van der Waals surface area contributed by atoms with E-state index in [1.807, 2.05) is 0 Å². The molecule has 2 aliphatic rings. The number of methoxy groups -OCH3 is 1. The molecule has 22 heavy (non-hydrogen) atoms. The molecule has 118 valence electrons. The second-order valence-electron chi connectivity index (χ2n) is 6.29. The van der Waals surface area contributed by atoms with Gasteiger partial charge in [0.05, 0.1) is 17.6 Å². The number of halogens is 1. The van der Waals surface area contributed by atoms with E-state index in [2.05, 4.69) is 10.1 Å². The Morgan fingerprint density at radius 2 is 2.18 bits per heavy atom. The number of aliphatic hydroxyl groups is 1. The van der Waals surface area contributed by atoms with Gasteiger partial charge in [0.1, 0.15) is 17.5 Å². The Kier molecular flexibility index (Phi) is 2.37. The SMILES string of the molecule is COC1C2OC(O)(c3ccc4c(N)ncnn34)C(C)(F)C12C. The molecule has 2 fully saturated rings. The largest absolute Gasteiger partial charge is 0.382 e. The minimum Gasteiger partial charge on any atom is -0.382 e. The zero-order chi connectivity index (χ0) is 15.9. The van der Waals surface area contributed by atoms with Crippen molar-refractivity contribution < 1.29 is 19.0 Å². The quantitative estimate of drug-likeness (QED) is 0.844. The van der Waals surface area contributed by atoms with Gasteiger partial charge in [0.2, 0.25) is 5.79 Å². The fraction of sp³-hybridized carbons (Fsp3) is 0.571. The minimum atomic E-state index is -2.13. The Labute approximate surface area is 125 Å². The van der Waals surface area contributed by atoms with Crippen LogP contribution in [0, 0.1) is 5.41 Å². The van der Waals surface area contributed by atoms with Crippen LogP contribution in [0.5, 0.6) is 0 Å². The molecule has 4 rings (SSSR count). The maximum Gasteiger partial charge on any atom is 0.246 e. The molecule has 3 N–H and O–H groups in total. The highest BCUT2D eigenvalue weighted by Gasteiger charge is 2.86. The van der Waals surface area contributed by atoms with Gasteiger partial charge in [-0.15, -0.1) is 0 Å². The fourth-order valence-electron chi connectivity index (χ4n) is 3.69. The maximum atomic E-state index is 15.6. The second-order valence-corrected chi connectivity index (χ2v) is 6.29. The van der Waals surface area contributed by atoms with Crippen molar-refractivity contribution in [1.82, 2.24) is 14.6 Å². The smallest absolute Gasteiger partial charge is 0.246 e. The van der Waals surface area contributed by atoms with E-state index in [0.717, 1.165) is 0 Å². The van der Waals surface area contributed by atoms with Gasteiger partial charge in [-0.2, -0.15) is 5.10 Å². The lowest BCUT2D eigenvalue weighted by Gasteiger charge is -2.37. The Morgan fingerprint density at radius 3 is 2.77 bits per heavy atom. The van der Waals surface area contributed by atoms with Crippen LogP contribution < -0.4 is 5.73 Å². The monoisotopic (exact) mass is 308 g/mol. The molecule has 5 atom stereocenters. The van der Waals surface area contributed by atoms with E-state index in [9.17, 15) is 5.11 Å². The number of nitrogens with two attached hydrogens (primary N) is 1. The highest BCUT2D eigenvalue weighted by atomic mass is 19.1. The molecule has 8 heteroatoms. The number of ether oxygens (including phenoxy) is 2. The zero-order valence-corrected chi connectivity index (χ0v) is 12.4. The number of anilines is 1. The van der Waals surface area contributed by atoms with E-state index in [4.69, 9.17) is 15.2 Å². The van der Waals surface area contributed by atoms with Gasteiger partial charge in [-0.05, 0) is 19.1 Å². The van der Waals surface area contributed by atoms with Gasteiger partial charge in [-0.25, -0.2) is 13.9 Å². The third kappa shape index (κ3) is 1.23. The van der Waals surface area contributed by atoms with Crippen LogP contribution in [0.3, 0.4) is 0 Å². The first-order valence-corrected chi connectivity index (χ1v) is 6.99. The lowest BCUT2D eigenvalue weighted by molar-refractivity contribution is -0.275. The van der Waals surface area contributed by atoms with Crippen molar-refractivity contribution in [2.75, 3.05) is 12.8 Å². The van der Waals surface area contributed by atoms with E-state index in [-0.39, 0.29) is 17.6 Å². The van der Waals surface area contributed by atoms with Gasteiger partial charge in [-0.3, -0.25) is 0 Å². The second kappa shape index (κ2) is 3.76. The van der Waals surface area contributed by atoms with Crippen molar-refractivity contribution >= 4 is 11.3 Å². The summed E-state index contributed by atoms with van der Waals surface area (Å²) in [7, 11) is 1.51. The molecule has 0 radical (unpaired) electrons. The fourth-order valence-corrected chi connectivity index (χ4v) is 3.69. The van der Waals surface area contributed by atoms with Gasteiger partial charge in [0.25, 0.3) is 0 Å². The highest BCUT2D eigenvalue weighted by molar-refractivity contribution is 5.65. The first-order chi connectivity index (χ1) is 10.3. The van der Waals surface area contributed by atoms with Crippen molar-refractivity contribution in [2.45, 2.75) is 37.5 Å². The van der Waals surface area contributed by atoms with Crippen molar-refractivity contribution in [3.63, 3.8) is 0 Å². The van der Waals surface area contributed by atoms with Gasteiger partial charge >= 0.3 is 0 Å². The molecule has 5 unspecified atom stereocenters. The van der Waals surface area contributed by atoms with Crippen LogP contribution in [0.15, 0.2) is 18.5 Å². The van der Waals surface area contributed by atoms with Crippen molar-refractivity contribution in [1.29, 1.82) is 0 Å². The number of fused-ring (bicyclic) bond motifs is 2. The predicted octanol–water partition coefficient (Wildman–Crippen LogP) is 0.618. The molecule has 1 saturated carbocycles. The molecule has 0 aromatic carbocycles. The summed E-state index contributed by atoms with van der Waals surface area (Å²) in [6.45, 7) is 3.04. The van der Waals surface area contributed by atoms with Crippen LogP contribution in [0.1, 0.15) is 19.5 Å². The van der Waals surface area contributed by atoms with Crippen LogP contribution in [0.25, 0.3) is 5.52 Å². The minimum absolute atomic E-state index is 0.185. The lowest BCUT2D eigenvalue weighted by Crippen LogP contribution is -2.51.